The van der Waals surface area contributed by atoms with Crippen LogP contribution in [0, 0.1) is 18.3 Å². The maximum Gasteiger partial charge on any atom is 0.414 e. The maximum absolute atomic E-state index is 11.9. The molecule has 3 N–H and O–H groups in total. The van der Waals surface area contributed by atoms with Crippen molar-refractivity contribution in [3.8, 4) is 17.7 Å². The van der Waals surface area contributed by atoms with Crippen LogP contribution in [0.3, 0.4) is 0 Å². The number of aromatic amines is 1. The molecular formula is C20H20Cl2N6O5. The molecule has 1 heterocycles. The molecule has 0 saturated heterocycles. The number of hydrogen-bond acceptors (Lipinski definition) is 9. The summed E-state index contributed by atoms with van der Waals surface area (Å²) in [7, 11) is 0. The molecule has 13 heteroatoms. The number of imide groups is 1. The number of rotatable bonds is 7. The van der Waals surface area contributed by atoms with Crippen molar-refractivity contribution in [2.75, 3.05) is 12.0 Å². The summed E-state index contributed by atoms with van der Waals surface area (Å²) in [5.74, 6) is -0.893. The number of amides is 2. The Labute approximate surface area is 198 Å². The molecule has 11 nitrogen and oxygen atoms in total. The maximum atomic E-state index is 11.9. The Bertz CT molecular complexity index is 1180. The third-order valence-electron chi connectivity index (χ3n) is 4.12. The van der Waals surface area contributed by atoms with Crippen molar-refractivity contribution in [2.45, 2.75) is 33.6 Å². The number of ether oxygens (including phenoxy) is 2. The molecule has 0 saturated carbocycles. The Morgan fingerprint density at radius 1 is 1.30 bits per heavy atom. The fraction of sp³-hybridized carbons (Fsp3) is 0.300. The third kappa shape index (κ3) is 6.44. The molecular weight excluding hydrogens is 475 g/mol. The second-order valence-electron chi connectivity index (χ2n) is 6.78. The summed E-state index contributed by atoms with van der Waals surface area (Å²) in [6, 6.07) is 4.33. The third-order valence-corrected chi connectivity index (χ3v) is 4.68. The number of alkyl carbamates (subject to hydrolysis) is 1. The van der Waals surface area contributed by atoms with Crippen molar-refractivity contribution in [3.05, 3.63) is 43.7 Å². The first-order valence-electron chi connectivity index (χ1n) is 9.56. The number of carbonyl (C=O) groups is 2. The molecule has 0 unspecified atom stereocenters. The molecule has 174 valence electrons. The molecule has 1 aromatic heterocycles. The minimum atomic E-state index is -1.05. The highest BCUT2D eigenvalue weighted by molar-refractivity contribution is 6.47. The molecule has 2 rings (SSSR count). The second-order valence-corrected chi connectivity index (χ2v) is 7.60. The fourth-order valence-electron chi connectivity index (χ4n) is 2.67. The highest BCUT2D eigenvalue weighted by Crippen LogP contribution is 2.40. The quantitative estimate of drug-likeness (QED) is 0.386. The van der Waals surface area contributed by atoms with E-state index in [4.69, 9.17) is 33.2 Å². The van der Waals surface area contributed by atoms with Crippen molar-refractivity contribution in [1.29, 1.82) is 5.26 Å². The summed E-state index contributed by atoms with van der Waals surface area (Å²) < 4.78 is 10.4. The number of nitrogens with zero attached hydrogens (tertiary/aromatic N) is 3. The highest BCUT2D eigenvalue weighted by atomic mass is 35.5. The van der Waals surface area contributed by atoms with Gasteiger partial charge in [0.15, 0.2) is 5.75 Å². The lowest BCUT2D eigenvalue weighted by atomic mass is 10.0. The fourth-order valence-corrected chi connectivity index (χ4v) is 3.24. The van der Waals surface area contributed by atoms with Crippen LogP contribution in [-0.4, -0.2) is 34.5 Å². The number of carbonyl (C=O) groups excluding carboxylic acids is 2. The molecule has 0 radical (unpaired) electrons. The van der Waals surface area contributed by atoms with Crippen LogP contribution in [0.4, 0.5) is 10.5 Å². The molecule has 0 aliphatic carbocycles. The van der Waals surface area contributed by atoms with E-state index in [1.165, 1.54) is 12.1 Å². The van der Waals surface area contributed by atoms with Gasteiger partial charge in [0, 0.05) is 11.1 Å². The zero-order valence-corrected chi connectivity index (χ0v) is 19.6. The molecule has 0 fully saturated rings. The average molecular weight is 495 g/mol. The minimum absolute atomic E-state index is 0.0502. The van der Waals surface area contributed by atoms with Crippen LogP contribution in [0.1, 0.15) is 37.8 Å². The van der Waals surface area contributed by atoms with Gasteiger partial charge in [-0.05, 0) is 31.9 Å². The van der Waals surface area contributed by atoms with E-state index in [0.717, 1.165) is 0 Å². The summed E-state index contributed by atoms with van der Waals surface area (Å²) in [6.45, 7) is 7.03. The highest BCUT2D eigenvalue weighted by Gasteiger charge is 2.20. The van der Waals surface area contributed by atoms with Crippen molar-refractivity contribution < 1.29 is 19.1 Å². The summed E-state index contributed by atoms with van der Waals surface area (Å²) in [5.41, 5.74) is 2.78. The smallest absolute Gasteiger partial charge is 0.414 e. The van der Waals surface area contributed by atoms with Gasteiger partial charge in [-0.1, -0.05) is 37.0 Å². The van der Waals surface area contributed by atoms with Gasteiger partial charge in [-0.25, -0.2) is 9.89 Å². The van der Waals surface area contributed by atoms with Gasteiger partial charge in [-0.15, -0.1) is 5.10 Å². The van der Waals surface area contributed by atoms with Crippen molar-refractivity contribution in [1.82, 2.24) is 15.5 Å². The van der Waals surface area contributed by atoms with Crippen LogP contribution in [0.2, 0.25) is 10.0 Å². The van der Waals surface area contributed by atoms with E-state index in [1.54, 1.807) is 19.9 Å². The van der Waals surface area contributed by atoms with Crippen LogP contribution < -0.4 is 21.0 Å². The number of nitriles is 1. The Balaban J connectivity index is 2.28. The number of nitrogens with one attached hydrogen (secondary N) is 3. The van der Waals surface area contributed by atoms with Gasteiger partial charge in [0.1, 0.15) is 6.07 Å². The Morgan fingerprint density at radius 3 is 2.48 bits per heavy atom. The molecule has 0 atom stereocenters. The van der Waals surface area contributed by atoms with E-state index >= 15 is 0 Å². The number of benzene rings is 1. The predicted octanol–water partition coefficient (Wildman–Crippen LogP) is 3.87. The van der Waals surface area contributed by atoms with E-state index < -0.39 is 17.7 Å². The zero-order valence-electron chi connectivity index (χ0n) is 18.1. The predicted molar refractivity (Wildman–Crippen MR) is 122 cm³/mol. The normalized spacial score (nSPS) is 11.0. The minimum Gasteiger partial charge on any atom is -0.450 e. The van der Waals surface area contributed by atoms with Gasteiger partial charge >= 0.3 is 6.09 Å². The first-order valence-corrected chi connectivity index (χ1v) is 10.3. The van der Waals surface area contributed by atoms with Gasteiger partial charge in [0.2, 0.25) is 11.6 Å². The SMILES string of the molecule is CCOC(=O)NC(=O)/C(C#N)=N/Nc1cc(Cl)c(Oc2n[nH]c(=O)c(C)c2C(C)C)c(Cl)c1. The van der Waals surface area contributed by atoms with E-state index in [2.05, 4.69) is 25.5 Å². The Morgan fingerprint density at radius 2 is 1.94 bits per heavy atom. The monoisotopic (exact) mass is 494 g/mol. The lowest BCUT2D eigenvalue weighted by Crippen LogP contribution is -2.36. The van der Waals surface area contributed by atoms with Crippen molar-refractivity contribution in [2.24, 2.45) is 5.10 Å². The molecule has 2 amide bonds. The first kappa shape index (κ1) is 25.6. The van der Waals surface area contributed by atoms with Crippen LogP contribution in [0.5, 0.6) is 11.6 Å². The number of hydrogen-bond donors (Lipinski definition) is 3. The molecule has 0 aliphatic heterocycles. The standard InChI is InChI=1S/C20H20Cl2N6O5/c1-5-32-20(31)24-18(30)14(8-23)26-25-11-6-12(21)16(13(22)7-11)33-19-15(9(2)3)10(4)17(29)27-28-19/h6-7,9,25H,5H2,1-4H3,(H,27,29)(H,24,30,31)/b26-14+. The number of hydrazone groups is 1. The molecule has 2 aromatic rings. The lowest BCUT2D eigenvalue weighted by Gasteiger charge is -2.16. The molecule has 0 bridgehead atoms. The largest absolute Gasteiger partial charge is 0.450 e. The Hall–Kier alpha value is -3.62. The number of halogens is 2. The van der Waals surface area contributed by atoms with Gasteiger partial charge < -0.3 is 9.47 Å². The summed E-state index contributed by atoms with van der Waals surface area (Å²) in [6.07, 6.45) is -1.01. The van der Waals surface area contributed by atoms with Crippen LogP contribution >= 0.6 is 23.2 Å². The van der Waals surface area contributed by atoms with Gasteiger partial charge in [-0.2, -0.15) is 10.4 Å². The van der Waals surface area contributed by atoms with Crippen LogP contribution in [0.25, 0.3) is 0 Å². The van der Waals surface area contributed by atoms with E-state index in [9.17, 15) is 14.4 Å². The van der Waals surface area contributed by atoms with E-state index in [-0.39, 0.29) is 45.4 Å². The summed E-state index contributed by atoms with van der Waals surface area (Å²) >= 11 is 12.6. The molecule has 1 aromatic carbocycles. The van der Waals surface area contributed by atoms with Crippen molar-refractivity contribution in [3.63, 3.8) is 0 Å². The number of H-pyrrole nitrogens is 1. The summed E-state index contributed by atoms with van der Waals surface area (Å²) in [4.78, 5) is 35.1. The first-order chi connectivity index (χ1) is 15.6. The second kappa shape index (κ2) is 11.3. The molecule has 0 spiro atoms. The van der Waals surface area contributed by atoms with E-state index in [0.29, 0.717) is 11.1 Å². The zero-order chi connectivity index (χ0) is 24.7. The average Bonchev–Trinajstić information content (AvgIpc) is 2.73. The van der Waals surface area contributed by atoms with Crippen LogP contribution in [-0.2, 0) is 9.53 Å². The lowest BCUT2D eigenvalue weighted by molar-refractivity contribution is -0.114. The van der Waals surface area contributed by atoms with Crippen LogP contribution in [0.15, 0.2) is 22.0 Å². The van der Waals surface area contributed by atoms with Gasteiger partial charge in [0.25, 0.3) is 11.5 Å². The van der Waals surface area contributed by atoms with Gasteiger partial charge in [-0.3, -0.25) is 20.3 Å². The number of anilines is 1. The topological polar surface area (TPSA) is 159 Å². The van der Waals surface area contributed by atoms with Crippen molar-refractivity contribution >= 4 is 46.6 Å². The summed E-state index contributed by atoms with van der Waals surface area (Å²) in [5, 5.41) is 21.1. The van der Waals surface area contributed by atoms with Gasteiger partial charge in [0.05, 0.1) is 22.3 Å². The molecule has 33 heavy (non-hydrogen) atoms. The van der Waals surface area contributed by atoms with E-state index in [1.807, 2.05) is 19.2 Å². The Kier molecular flexibility index (Phi) is 8.78. The number of aromatic nitrogens is 2. The molecule has 0 aliphatic rings.